The van der Waals surface area contributed by atoms with Crippen LogP contribution in [0.2, 0.25) is 0 Å². The van der Waals surface area contributed by atoms with Gasteiger partial charge in [-0.25, -0.2) is 0 Å². The van der Waals surface area contributed by atoms with Crippen molar-refractivity contribution in [1.29, 1.82) is 0 Å². The number of carbonyl (C=O) groups is 2. The predicted molar refractivity (Wildman–Crippen MR) is 84.0 cm³/mol. The van der Waals surface area contributed by atoms with Crippen LogP contribution in [0.4, 0.5) is 0 Å². The first-order chi connectivity index (χ1) is 10.4. The third-order valence-corrected chi connectivity index (χ3v) is 6.53. The van der Waals surface area contributed by atoms with E-state index in [1.54, 1.807) is 6.92 Å². The second-order valence-corrected chi connectivity index (χ2v) is 8.83. The predicted octanol–water partition coefficient (Wildman–Crippen LogP) is 2.33. The summed E-state index contributed by atoms with van der Waals surface area (Å²) in [5.41, 5.74) is -0.276. The Morgan fingerprint density at radius 3 is 2.32 bits per heavy atom. The fourth-order valence-corrected chi connectivity index (χ4v) is 6.21. The molecule has 0 aliphatic heterocycles. The molecule has 2 amide bonds. The smallest absolute Gasteiger partial charge is 0.228 e. The summed E-state index contributed by atoms with van der Waals surface area (Å²) in [7, 11) is 1.99. The third-order valence-electron chi connectivity index (χ3n) is 6.53. The number of nitrogens with zero attached hydrogens (tertiary/aromatic N) is 1. The van der Waals surface area contributed by atoms with Crippen molar-refractivity contribution < 1.29 is 9.59 Å². The van der Waals surface area contributed by atoms with Crippen LogP contribution in [-0.2, 0) is 9.59 Å². The Morgan fingerprint density at radius 2 is 1.77 bits per heavy atom. The SMILES string of the molecule is CC(=O)NC12C[C@H]3C[C@@H](C1)CC(C(=O)N(C)CC1CC1)(C3)C2. The first kappa shape index (κ1) is 14.5. The van der Waals surface area contributed by atoms with E-state index in [-0.39, 0.29) is 16.9 Å². The minimum Gasteiger partial charge on any atom is -0.351 e. The van der Waals surface area contributed by atoms with Gasteiger partial charge in [0.25, 0.3) is 0 Å². The van der Waals surface area contributed by atoms with Crippen LogP contribution < -0.4 is 5.32 Å². The zero-order chi connectivity index (χ0) is 15.5. The average molecular weight is 304 g/mol. The van der Waals surface area contributed by atoms with E-state index in [0.29, 0.717) is 17.7 Å². The molecule has 4 nitrogen and oxygen atoms in total. The summed E-state index contributed by atoms with van der Waals surface area (Å²) in [6.45, 7) is 2.55. The zero-order valence-electron chi connectivity index (χ0n) is 13.9. The Labute approximate surface area is 133 Å². The second-order valence-electron chi connectivity index (χ2n) is 8.83. The lowest BCUT2D eigenvalue weighted by atomic mass is 9.46. The molecule has 122 valence electrons. The molecule has 4 bridgehead atoms. The molecule has 0 aromatic rings. The van der Waals surface area contributed by atoms with Gasteiger partial charge in [-0.2, -0.15) is 0 Å². The van der Waals surface area contributed by atoms with Crippen LogP contribution in [0.25, 0.3) is 0 Å². The minimum absolute atomic E-state index is 0.0656. The van der Waals surface area contributed by atoms with Gasteiger partial charge in [-0.15, -0.1) is 0 Å². The molecule has 0 aromatic heterocycles. The van der Waals surface area contributed by atoms with Gasteiger partial charge in [0, 0.05) is 26.1 Å². The lowest BCUT2D eigenvalue weighted by Crippen LogP contribution is -2.65. The van der Waals surface area contributed by atoms with E-state index in [0.717, 1.165) is 44.6 Å². The summed E-state index contributed by atoms with van der Waals surface area (Å²) in [6.07, 6.45) is 8.99. The molecule has 22 heavy (non-hydrogen) atoms. The number of rotatable bonds is 4. The quantitative estimate of drug-likeness (QED) is 0.866. The number of carbonyl (C=O) groups excluding carboxylic acids is 2. The number of hydrogen-bond acceptors (Lipinski definition) is 2. The van der Waals surface area contributed by atoms with Crippen molar-refractivity contribution in [1.82, 2.24) is 10.2 Å². The molecule has 1 N–H and O–H groups in total. The molecular weight excluding hydrogens is 276 g/mol. The summed E-state index contributed by atoms with van der Waals surface area (Å²) >= 11 is 0. The van der Waals surface area contributed by atoms with Crippen molar-refractivity contribution in [3.63, 3.8) is 0 Å². The number of nitrogens with one attached hydrogen (secondary N) is 1. The lowest BCUT2D eigenvalue weighted by molar-refractivity contribution is -0.162. The molecule has 0 heterocycles. The Balaban J connectivity index is 1.57. The van der Waals surface area contributed by atoms with E-state index in [2.05, 4.69) is 5.32 Å². The highest BCUT2D eigenvalue weighted by atomic mass is 16.2. The van der Waals surface area contributed by atoms with Crippen LogP contribution in [0.3, 0.4) is 0 Å². The summed E-state index contributed by atoms with van der Waals surface area (Å²) in [5.74, 6) is 2.43. The van der Waals surface area contributed by atoms with Crippen LogP contribution >= 0.6 is 0 Å². The first-order valence-electron chi connectivity index (χ1n) is 8.94. The molecule has 5 fully saturated rings. The molecular formula is C18H28N2O2. The molecule has 2 unspecified atom stereocenters. The lowest BCUT2D eigenvalue weighted by Gasteiger charge is -2.61. The monoisotopic (exact) mass is 304 g/mol. The van der Waals surface area contributed by atoms with E-state index in [4.69, 9.17) is 0 Å². The van der Waals surface area contributed by atoms with Gasteiger partial charge in [-0.05, 0) is 69.1 Å². The second kappa shape index (κ2) is 4.72. The number of amides is 2. The Bertz CT molecular complexity index is 497. The van der Waals surface area contributed by atoms with Crippen LogP contribution in [0.1, 0.15) is 58.3 Å². The molecule has 5 saturated carbocycles. The van der Waals surface area contributed by atoms with Gasteiger partial charge < -0.3 is 10.2 Å². The van der Waals surface area contributed by atoms with Crippen LogP contribution in [0.15, 0.2) is 0 Å². The minimum atomic E-state index is -0.184. The van der Waals surface area contributed by atoms with E-state index >= 15 is 0 Å². The maximum atomic E-state index is 13.2. The molecule has 0 aromatic carbocycles. The summed E-state index contributed by atoms with van der Waals surface area (Å²) < 4.78 is 0. The fourth-order valence-electron chi connectivity index (χ4n) is 6.21. The highest BCUT2D eigenvalue weighted by Crippen LogP contribution is 2.62. The van der Waals surface area contributed by atoms with Gasteiger partial charge in [-0.3, -0.25) is 9.59 Å². The van der Waals surface area contributed by atoms with Gasteiger partial charge in [0.05, 0.1) is 5.41 Å². The average Bonchev–Trinajstić information content (AvgIpc) is 3.18. The fraction of sp³-hybridized carbons (Fsp3) is 0.889. The normalized spacial score (nSPS) is 42.3. The highest BCUT2D eigenvalue weighted by Gasteiger charge is 2.61. The molecule has 0 saturated heterocycles. The summed E-state index contributed by atoms with van der Waals surface area (Å²) in [5, 5.41) is 3.25. The Hall–Kier alpha value is -1.06. The van der Waals surface area contributed by atoms with Crippen LogP contribution in [0.5, 0.6) is 0 Å². The van der Waals surface area contributed by atoms with Crippen molar-refractivity contribution in [2.24, 2.45) is 23.2 Å². The molecule has 4 heteroatoms. The standard InChI is InChI=1S/C18H28N2O2/c1-12(21)19-18-8-14-5-15(9-18)7-17(6-14,11-18)16(22)20(2)10-13-3-4-13/h13-15H,3-11H2,1-2H3,(H,19,21)/t14-,15+,17?,18?. The van der Waals surface area contributed by atoms with Crippen molar-refractivity contribution in [2.75, 3.05) is 13.6 Å². The molecule has 0 radical (unpaired) electrons. The van der Waals surface area contributed by atoms with E-state index in [9.17, 15) is 9.59 Å². The van der Waals surface area contributed by atoms with Crippen molar-refractivity contribution in [2.45, 2.75) is 63.8 Å². The van der Waals surface area contributed by atoms with Crippen molar-refractivity contribution in [3.8, 4) is 0 Å². The van der Waals surface area contributed by atoms with E-state index < -0.39 is 0 Å². The van der Waals surface area contributed by atoms with Crippen molar-refractivity contribution >= 4 is 11.8 Å². The topological polar surface area (TPSA) is 49.4 Å². The maximum absolute atomic E-state index is 13.2. The van der Waals surface area contributed by atoms with E-state index in [1.165, 1.54) is 19.3 Å². The number of hydrogen-bond donors (Lipinski definition) is 1. The molecule has 4 atom stereocenters. The van der Waals surface area contributed by atoms with Crippen LogP contribution in [0, 0.1) is 23.2 Å². The maximum Gasteiger partial charge on any atom is 0.228 e. The van der Waals surface area contributed by atoms with Gasteiger partial charge >= 0.3 is 0 Å². The molecule has 5 aliphatic carbocycles. The Kier molecular flexibility index (Phi) is 3.11. The third kappa shape index (κ3) is 2.35. The molecule has 5 rings (SSSR count). The first-order valence-corrected chi connectivity index (χ1v) is 8.94. The summed E-state index contributed by atoms with van der Waals surface area (Å²) in [4.78, 5) is 26.9. The van der Waals surface area contributed by atoms with Gasteiger partial charge in [0.15, 0.2) is 0 Å². The van der Waals surface area contributed by atoms with Gasteiger partial charge in [-0.1, -0.05) is 0 Å². The molecule has 0 spiro atoms. The highest BCUT2D eigenvalue weighted by molar-refractivity contribution is 5.84. The van der Waals surface area contributed by atoms with Crippen LogP contribution in [-0.4, -0.2) is 35.8 Å². The Morgan fingerprint density at radius 1 is 1.14 bits per heavy atom. The molecule has 5 aliphatic rings. The van der Waals surface area contributed by atoms with Crippen molar-refractivity contribution in [3.05, 3.63) is 0 Å². The zero-order valence-corrected chi connectivity index (χ0v) is 13.9. The largest absolute Gasteiger partial charge is 0.351 e. The van der Waals surface area contributed by atoms with Gasteiger partial charge in [0.1, 0.15) is 0 Å². The van der Waals surface area contributed by atoms with Gasteiger partial charge in [0.2, 0.25) is 11.8 Å². The summed E-state index contributed by atoms with van der Waals surface area (Å²) in [6, 6.07) is 0. The van der Waals surface area contributed by atoms with E-state index in [1.807, 2.05) is 11.9 Å².